The van der Waals surface area contributed by atoms with Crippen LogP contribution in [0.3, 0.4) is 0 Å². The van der Waals surface area contributed by atoms with E-state index in [-0.39, 0.29) is 26.9 Å². The molecule has 0 fully saturated rings. The molecule has 4 nitrogen and oxygen atoms in total. The first kappa shape index (κ1) is 16.6. The maximum atomic E-state index is 11.2. The van der Waals surface area contributed by atoms with Crippen LogP contribution < -0.4 is 5.73 Å². The zero-order valence-electron chi connectivity index (χ0n) is 13.0. The van der Waals surface area contributed by atoms with Gasteiger partial charge in [0, 0.05) is 40.7 Å². The lowest BCUT2D eigenvalue weighted by atomic mass is 9.84. The van der Waals surface area contributed by atoms with Gasteiger partial charge in [-0.25, -0.2) is 0 Å². The Bertz CT molecular complexity index is 558. The maximum absolute atomic E-state index is 11.2. The molecule has 1 rings (SSSR count). The number of hydrogen-bond acceptors (Lipinski definition) is 3. The van der Waals surface area contributed by atoms with E-state index in [0.29, 0.717) is 11.3 Å². The highest BCUT2D eigenvalue weighted by molar-refractivity contribution is 7.99. The Kier molecular flexibility index (Phi) is 4.86. The molecule has 0 aromatic heterocycles. The predicted molar refractivity (Wildman–Crippen MR) is 89.1 cm³/mol. The van der Waals surface area contributed by atoms with E-state index in [9.17, 15) is 10.1 Å². The van der Waals surface area contributed by atoms with E-state index in [0.717, 1.165) is 5.56 Å². The van der Waals surface area contributed by atoms with Crippen LogP contribution in [0.1, 0.15) is 38.8 Å². The molecule has 0 aliphatic heterocycles. The summed E-state index contributed by atoms with van der Waals surface area (Å²) in [7, 11) is 0.161. The van der Waals surface area contributed by atoms with Crippen LogP contribution in [0.5, 0.6) is 0 Å². The number of allylic oxidation sites excluding steroid dienone is 1. The van der Waals surface area contributed by atoms with E-state index in [1.54, 1.807) is 0 Å². The van der Waals surface area contributed by atoms with Crippen molar-refractivity contribution >= 4 is 28.3 Å². The van der Waals surface area contributed by atoms with Crippen LogP contribution in [0, 0.1) is 10.1 Å². The average molecular weight is 295 g/mol. The SMILES string of the molecule is C/C(=C/c1cc(C(C)(C)C)c([N+](=O)[O-])cc1N)[S+](C)C. The fourth-order valence-corrected chi connectivity index (χ4v) is 2.20. The van der Waals surface area contributed by atoms with E-state index in [1.165, 1.54) is 11.0 Å². The molecule has 0 bridgehead atoms. The molecule has 0 aliphatic rings. The minimum Gasteiger partial charge on any atom is -0.398 e. The van der Waals surface area contributed by atoms with Crippen molar-refractivity contribution in [2.45, 2.75) is 33.1 Å². The van der Waals surface area contributed by atoms with Gasteiger partial charge >= 0.3 is 0 Å². The van der Waals surface area contributed by atoms with Crippen LogP contribution in [0.2, 0.25) is 0 Å². The summed E-state index contributed by atoms with van der Waals surface area (Å²) in [5.41, 5.74) is 7.79. The average Bonchev–Trinajstić information content (AvgIpc) is 2.29. The zero-order chi connectivity index (χ0) is 15.7. The van der Waals surface area contributed by atoms with Gasteiger partial charge in [0.1, 0.15) is 17.4 Å². The van der Waals surface area contributed by atoms with Crippen molar-refractivity contribution in [3.8, 4) is 0 Å². The Morgan fingerprint density at radius 3 is 2.30 bits per heavy atom. The van der Waals surface area contributed by atoms with Gasteiger partial charge in [-0.05, 0) is 17.6 Å². The third-order valence-corrected chi connectivity index (χ3v) is 4.61. The van der Waals surface area contributed by atoms with Crippen LogP contribution >= 0.6 is 0 Å². The molecule has 0 atom stereocenters. The lowest BCUT2D eigenvalue weighted by molar-refractivity contribution is -0.385. The quantitative estimate of drug-likeness (QED) is 0.400. The van der Waals surface area contributed by atoms with Crippen molar-refractivity contribution in [3.05, 3.63) is 38.3 Å². The summed E-state index contributed by atoms with van der Waals surface area (Å²) in [6.07, 6.45) is 6.30. The van der Waals surface area contributed by atoms with Gasteiger partial charge in [-0.2, -0.15) is 0 Å². The summed E-state index contributed by atoms with van der Waals surface area (Å²) in [4.78, 5) is 12.1. The van der Waals surface area contributed by atoms with Crippen LogP contribution in [0.4, 0.5) is 11.4 Å². The van der Waals surface area contributed by atoms with Crippen molar-refractivity contribution in [1.82, 2.24) is 0 Å². The Labute approximate surface area is 123 Å². The molecule has 1 aromatic rings. The smallest absolute Gasteiger partial charge is 0.275 e. The van der Waals surface area contributed by atoms with Crippen LogP contribution in [-0.2, 0) is 16.3 Å². The molecule has 0 aliphatic carbocycles. The molecular formula is C15H23N2O2S+. The maximum Gasteiger partial charge on any atom is 0.275 e. The van der Waals surface area contributed by atoms with Gasteiger partial charge in [0.2, 0.25) is 0 Å². The lowest BCUT2D eigenvalue weighted by Gasteiger charge is -2.20. The van der Waals surface area contributed by atoms with Gasteiger partial charge < -0.3 is 5.73 Å². The second kappa shape index (κ2) is 5.87. The summed E-state index contributed by atoms with van der Waals surface area (Å²) in [6, 6.07) is 3.33. The molecule has 0 amide bonds. The molecule has 0 heterocycles. The third-order valence-electron chi connectivity index (χ3n) is 3.21. The van der Waals surface area contributed by atoms with Crippen LogP contribution in [-0.4, -0.2) is 17.4 Å². The van der Waals surface area contributed by atoms with Crippen molar-refractivity contribution in [2.24, 2.45) is 0 Å². The molecule has 2 N–H and O–H groups in total. The van der Waals surface area contributed by atoms with Crippen molar-refractivity contribution in [1.29, 1.82) is 0 Å². The summed E-state index contributed by atoms with van der Waals surface area (Å²) < 4.78 is 0. The number of benzene rings is 1. The highest BCUT2D eigenvalue weighted by Gasteiger charge is 2.26. The molecule has 0 spiro atoms. The third kappa shape index (κ3) is 3.76. The normalized spacial score (nSPS) is 12.8. The number of nitrogen functional groups attached to an aromatic ring is 1. The van der Waals surface area contributed by atoms with Gasteiger partial charge in [0.25, 0.3) is 5.69 Å². The molecule has 0 radical (unpaired) electrons. The Morgan fingerprint density at radius 2 is 1.90 bits per heavy atom. The van der Waals surface area contributed by atoms with Crippen molar-refractivity contribution in [3.63, 3.8) is 0 Å². The molecular weight excluding hydrogens is 272 g/mol. The molecule has 0 unspecified atom stereocenters. The standard InChI is InChI=1S/C15H23N2O2S/c1-10(20(5)6)7-11-8-12(15(2,3)4)14(17(18)19)9-13(11)16/h7-9H,16H2,1-6H3/q+1/b10-7-. The first-order chi connectivity index (χ1) is 9.04. The summed E-state index contributed by atoms with van der Waals surface area (Å²) in [5, 5.41) is 11.2. The monoisotopic (exact) mass is 295 g/mol. The van der Waals surface area contributed by atoms with E-state index < -0.39 is 0 Å². The minimum absolute atomic E-state index is 0.0943. The Hall–Kier alpha value is -1.49. The fraction of sp³-hybridized carbons (Fsp3) is 0.467. The van der Waals surface area contributed by atoms with Crippen molar-refractivity contribution in [2.75, 3.05) is 18.2 Å². The van der Waals surface area contributed by atoms with E-state index >= 15 is 0 Å². The largest absolute Gasteiger partial charge is 0.398 e. The first-order valence-corrected chi connectivity index (χ1v) is 8.42. The molecule has 0 saturated carbocycles. The minimum atomic E-state index is -0.360. The molecule has 0 saturated heterocycles. The highest BCUT2D eigenvalue weighted by atomic mass is 32.2. The molecule has 1 aromatic carbocycles. The second-order valence-corrected chi connectivity index (χ2v) is 8.35. The number of nitrogens with zero attached hydrogens (tertiary/aromatic N) is 1. The zero-order valence-corrected chi connectivity index (χ0v) is 13.8. The number of anilines is 1. The van der Waals surface area contributed by atoms with Gasteiger partial charge in [-0.15, -0.1) is 0 Å². The summed E-state index contributed by atoms with van der Waals surface area (Å²) >= 11 is 0. The lowest BCUT2D eigenvalue weighted by Crippen LogP contribution is -2.14. The number of hydrogen-bond donors (Lipinski definition) is 1. The van der Waals surface area contributed by atoms with E-state index in [2.05, 4.69) is 19.4 Å². The second-order valence-electron chi connectivity index (χ2n) is 6.08. The van der Waals surface area contributed by atoms with E-state index in [1.807, 2.05) is 32.9 Å². The Morgan fingerprint density at radius 1 is 1.35 bits per heavy atom. The number of rotatable bonds is 3. The van der Waals surface area contributed by atoms with Crippen LogP contribution in [0.15, 0.2) is 17.0 Å². The summed E-state index contributed by atoms with van der Waals surface area (Å²) in [6.45, 7) is 7.96. The topological polar surface area (TPSA) is 69.2 Å². The number of nitrogens with two attached hydrogens (primary N) is 1. The fourth-order valence-electron chi connectivity index (χ4n) is 1.83. The molecule has 110 valence electrons. The highest BCUT2D eigenvalue weighted by Crippen LogP contribution is 2.35. The van der Waals surface area contributed by atoms with Gasteiger partial charge in [0.15, 0.2) is 0 Å². The van der Waals surface area contributed by atoms with E-state index in [4.69, 9.17) is 5.73 Å². The molecule has 5 heteroatoms. The number of nitro benzene ring substituents is 1. The van der Waals surface area contributed by atoms with Gasteiger partial charge in [-0.3, -0.25) is 10.1 Å². The van der Waals surface area contributed by atoms with Crippen molar-refractivity contribution < 1.29 is 4.92 Å². The first-order valence-electron chi connectivity index (χ1n) is 6.38. The van der Waals surface area contributed by atoms with Gasteiger partial charge in [-0.1, -0.05) is 20.8 Å². The Balaban J connectivity index is 3.52. The van der Waals surface area contributed by atoms with Crippen LogP contribution in [0.25, 0.3) is 6.08 Å². The summed E-state index contributed by atoms with van der Waals surface area (Å²) in [5.74, 6) is 0. The number of nitro groups is 1. The predicted octanol–water partition coefficient (Wildman–Crippen LogP) is 3.71. The van der Waals surface area contributed by atoms with Gasteiger partial charge in [0.05, 0.1) is 4.92 Å². The molecule has 20 heavy (non-hydrogen) atoms.